The van der Waals surface area contributed by atoms with Crippen LogP contribution in [0.1, 0.15) is 71.6 Å². The average Bonchev–Trinajstić information content (AvgIpc) is 2.66. The molecule has 0 aromatic heterocycles. The van der Waals surface area contributed by atoms with Crippen molar-refractivity contribution >= 4 is 0 Å². The van der Waals surface area contributed by atoms with E-state index in [0.717, 1.165) is 12.0 Å². The number of hydrogen-bond acceptors (Lipinski definition) is 1. The molecule has 0 heterocycles. The maximum Gasteiger partial charge on any atom is 0.0156 e. The zero-order chi connectivity index (χ0) is 10.7. The van der Waals surface area contributed by atoms with E-state index in [4.69, 9.17) is 0 Å². The van der Waals surface area contributed by atoms with Crippen LogP contribution in [0.25, 0.3) is 0 Å². The van der Waals surface area contributed by atoms with Crippen molar-refractivity contribution < 1.29 is 0 Å². The first-order chi connectivity index (χ1) is 7.23. The van der Waals surface area contributed by atoms with E-state index in [1.165, 1.54) is 57.8 Å². The van der Waals surface area contributed by atoms with Gasteiger partial charge in [-0.15, -0.1) is 0 Å². The van der Waals surface area contributed by atoms with Gasteiger partial charge in [0, 0.05) is 11.6 Å². The summed E-state index contributed by atoms with van der Waals surface area (Å²) in [7, 11) is 0. The molecular weight excluding hydrogens is 182 g/mol. The average molecular weight is 209 g/mol. The molecule has 0 aromatic carbocycles. The van der Waals surface area contributed by atoms with E-state index in [1.54, 1.807) is 0 Å². The third kappa shape index (κ3) is 2.75. The highest BCUT2D eigenvalue weighted by molar-refractivity contribution is 4.93. The van der Waals surface area contributed by atoms with E-state index < -0.39 is 0 Å². The predicted molar refractivity (Wildman–Crippen MR) is 66.0 cm³/mol. The van der Waals surface area contributed by atoms with Gasteiger partial charge < -0.3 is 5.32 Å². The third-order valence-corrected chi connectivity index (χ3v) is 4.67. The Kier molecular flexibility index (Phi) is 3.71. The summed E-state index contributed by atoms with van der Waals surface area (Å²) in [4.78, 5) is 0. The van der Waals surface area contributed by atoms with Crippen LogP contribution in [0.3, 0.4) is 0 Å². The molecule has 1 N–H and O–H groups in total. The fourth-order valence-electron chi connectivity index (χ4n) is 3.63. The Hall–Kier alpha value is -0.0400. The van der Waals surface area contributed by atoms with Crippen LogP contribution in [0.15, 0.2) is 0 Å². The molecule has 2 aliphatic rings. The molecule has 2 fully saturated rings. The monoisotopic (exact) mass is 209 g/mol. The second-order valence-corrected chi connectivity index (χ2v) is 5.97. The fourth-order valence-corrected chi connectivity index (χ4v) is 3.63. The summed E-state index contributed by atoms with van der Waals surface area (Å²) in [5.41, 5.74) is 0.482. The SMILES string of the molecule is CCC1CCCCC1NC1(C)CCCC1. The van der Waals surface area contributed by atoms with Crippen LogP contribution in [-0.2, 0) is 0 Å². The van der Waals surface area contributed by atoms with Gasteiger partial charge >= 0.3 is 0 Å². The molecule has 2 aliphatic carbocycles. The van der Waals surface area contributed by atoms with Crippen LogP contribution in [0.5, 0.6) is 0 Å². The van der Waals surface area contributed by atoms with Crippen LogP contribution in [0.4, 0.5) is 0 Å². The summed E-state index contributed by atoms with van der Waals surface area (Å²) < 4.78 is 0. The molecule has 0 radical (unpaired) electrons. The van der Waals surface area contributed by atoms with Crippen molar-refractivity contribution in [2.75, 3.05) is 0 Å². The summed E-state index contributed by atoms with van der Waals surface area (Å²) in [6.45, 7) is 4.81. The lowest BCUT2D eigenvalue weighted by Crippen LogP contribution is -2.50. The van der Waals surface area contributed by atoms with Crippen molar-refractivity contribution in [1.29, 1.82) is 0 Å². The summed E-state index contributed by atoms with van der Waals surface area (Å²) in [5, 5.41) is 4.00. The molecule has 1 nitrogen and oxygen atoms in total. The Labute approximate surface area is 95.0 Å². The van der Waals surface area contributed by atoms with Crippen molar-refractivity contribution in [3.8, 4) is 0 Å². The normalized spacial score (nSPS) is 35.6. The first kappa shape index (κ1) is 11.4. The van der Waals surface area contributed by atoms with Crippen molar-refractivity contribution in [2.24, 2.45) is 5.92 Å². The first-order valence-corrected chi connectivity index (χ1v) is 7.01. The zero-order valence-electron chi connectivity index (χ0n) is 10.5. The van der Waals surface area contributed by atoms with Gasteiger partial charge in [-0.25, -0.2) is 0 Å². The molecule has 0 aromatic rings. The zero-order valence-corrected chi connectivity index (χ0v) is 10.5. The smallest absolute Gasteiger partial charge is 0.0156 e. The van der Waals surface area contributed by atoms with Crippen molar-refractivity contribution in [3.05, 3.63) is 0 Å². The van der Waals surface area contributed by atoms with Crippen molar-refractivity contribution in [1.82, 2.24) is 5.32 Å². The maximum atomic E-state index is 4.00. The van der Waals surface area contributed by atoms with Gasteiger partial charge in [-0.1, -0.05) is 39.0 Å². The maximum absolute atomic E-state index is 4.00. The van der Waals surface area contributed by atoms with E-state index >= 15 is 0 Å². The van der Waals surface area contributed by atoms with E-state index in [0.29, 0.717) is 5.54 Å². The molecule has 0 amide bonds. The van der Waals surface area contributed by atoms with E-state index in [2.05, 4.69) is 19.2 Å². The highest BCUT2D eigenvalue weighted by Gasteiger charge is 2.33. The van der Waals surface area contributed by atoms with Gasteiger partial charge in [-0.3, -0.25) is 0 Å². The second-order valence-electron chi connectivity index (χ2n) is 5.97. The minimum atomic E-state index is 0.482. The lowest BCUT2D eigenvalue weighted by atomic mass is 9.81. The summed E-state index contributed by atoms with van der Waals surface area (Å²) in [5.74, 6) is 0.955. The quantitative estimate of drug-likeness (QED) is 0.744. The van der Waals surface area contributed by atoms with Gasteiger partial charge in [0.25, 0.3) is 0 Å². The summed E-state index contributed by atoms with van der Waals surface area (Å²) >= 11 is 0. The molecule has 0 saturated heterocycles. The Morgan fingerprint density at radius 2 is 1.73 bits per heavy atom. The lowest BCUT2D eigenvalue weighted by molar-refractivity contribution is 0.198. The van der Waals surface area contributed by atoms with E-state index in [1.807, 2.05) is 0 Å². The molecule has 2 atom stereocenters. The summed E-state index contributed by atoms with van der Waals surface area (Å²) in [6, 6.07) is 0.826. The van der Waals surface area contributed by atoms with E-state index in [-0.39, 0.29) is 0 Å². The van der Waals surface area contributed by atoms with Crippen molar-refractivity contribution in [2.45, 2.75) is 83.2 Å². The molecule has 2 saturated carbocycles. The molecule has 0 spiro atoms. The molecule has 0 bridgehead atoms. The Morgan fingerprint density at radius 1 is 1.07 bits per heavy atom. The number of nitrogens with one attached hydrogen (secondary N) is 1. The van der Waals surface area contributed by atoms with E-state index in [9.17, 15) is 0 Å². The van der Waals surface area contributed by atoms with Crippen molar-refractivity contribution in [3.63, 3.8) is 0 Å². The topological polar surface area (TPSA) is 12.0 Å². The molecule has 1 heteroatoms. The van der Waals surface area contributed by atoms with Gasteiger partial charge in [-0.05, 0) is 38.5 Å². The molecular formula is C14H27N. The highest BCUT2D eigenvalue weighted by atomic mass is 15.0. The number of rotatable bonds is 3. The van der Waals surface area contributed by atoms with Gasteiger partial charge in [0.05, 0.1) is 0 Å². The summed E-state index contributed by atoms with van der Waals surface area (Å²) in [6.07, 6.45) is 12.9. The van der Waals surface area contributed by atoms with Crippen LogP contribution >= 0.6 is 0 Å². The van der Waals surface area contributed by atoms with Gasteiger partial charge in [0.1, 0.15) is 0 Å². The molecule has 15 heavy (non-hydrogen) atoms. The largest absolute Gasteiger partial charge is 0.308 e. The lowest BCUT2D eigenvalue weighted by Gasteiger charge is -2.38. The predicted octanol–water partition coefficient (Wildman–Crippen LogP) is 3.88. The van der Waals surface area contributed by atoms with Gasteiger partial charge in [0.2, 0.25) is 0 Å². The number of hydrogen-bond donors (Lipinski definition) is 1. The Balaban J connectivity index is 1.90. The molecule has 2 unspecified atom stereocenters. The standard InChI is InChI=1S/C14H27N/c1-3-12-8-4-5-9-13(12)15-14(2)10-6-7-11-14/h12-13,15H,3-11H2,1-2H3. The Morgan fingerprint density at radius 3 is 2.40 bits per heavy atom. The van der Waals surface area contributed by atoms with Crippen LogP contribution in [0.2, 0.25) is 0 Å². The second kappa shape index (κ2) is 4.86. The van der Waals surface area contributed by atoms with Crippen LogP contribution < -0.4 is 5.32 Å². The van der Waals surface area contributed by atoms with Gasteiger partial charge in [0.15, 0.2) is 0 Å². The highest BCUT2D eigenvalue weighted by Crippen LogP contribution is 2.34. The van der Waals surface area contributed by atoms with Crippen LogP contribution in [-0.4, -0.2) is 11.6 Å². The van der Waals surface area contributed by atoms with Gasteiger partial charge in [-0.2, -0.15) is 0 Å². The third-order valence-electron chi connectivity index (χ3n) is 4.67. The minimum Gasteiger partial charge on any atom is -0.308 e. The van der Waals surface area contributed by atoms with Crippen LogP contribution in [0, 0.1) is 5.92 Å². The fraction of sp³-hybridized carbons (Fsp3) is 1.00. The Bertz CT molecular complexity index is 194. The molecule has 2 rings (SSSR count). The minimum absolute atomic E-state index is 0.482. The molecule has 88 valence electrons. The molecule has 0 aliphatic heterocycles. The first-order valence-electron chi connectivity index (χ1n) is 7.01.